The minimum atomic E-state index is -4.40. The molecule has 0 amide bonds. The van der Waals surface area contributed by atoms with Crippen LogP contribution in [0.2, 0.25) is 0 Å². The Labute approximate surface area is 120 Å². The van der Waals surface area contributed by atoms with Gasteiger partial charge in [0, 0.05) is 33.4 Å². The Balaban J connectivity index is 0.00000200. The van der Waals surface area contributed by atoms with Crippen molar-refractivity contribution in [2.24, 2.45) is 14.1 Å². The number of rotatable bonds is 4. The molecule has 2 aromatic heterocycles. The molecule has 0 saturated carbocycles. The quantitative estimate of drug-likeness (QED) is 0.938. The summed E-state index contributed by atoms with van der Waals surface area (Å²) in [6, 6.07) is 2.90. The molecule has 2 heterocycles. The van der Waals surface area contributed by atoms with Gasteiger partial charge < -0.3 is 5.32 Å². The number of nitrogens with one attached hydrogen (secondary N) is 1. The van der Waals surface area contributed by atoms with Crippen LogP contribution in [-0.4, -0.2) is 19.6 Å². The van der Waals surface area contributed by atoms with Crippen LogP contribution in [0.15, 0.2) is 18.3 Å². The average molecular weight is 310 g/mol. The molecule has 0 fully saturated rings. The molecule has 20 heavy (non-hydrogen) atoms. The molecular formula is C11H15ClF3N5. The molecule has 0 atom stereocenters. The Hall–Kier alpha value is -1.54. The van der Waals surface area contributed by atoms with Gasteiger partial charge in [0.25, 0.3) is 0 Å². The SMILES string of the molecule is Cl.Cn1nccc1CNCc1cc(C(F)(F)F)nn1C. The van der Waals surface area contributed by atoms with Crippen LogP contribution in [0.4, 0.5) is 13.2 Å². The van der Waals surface area contributed by atoms with Gasteiger partial charge in [0.15, 0.2) is 5.69 Å². The lowest BCUT2D eigenvalue weighted by atomic mass is 10.3. The van der Waals surface area contributed by atoms with E-state index in [0.29, 0.717) is 18.8 Å². The highest BCUT2D eigenvalue weighted by atomic mass is 35.5. The molecule has 0 unspecified atom stereocenters. The highest BCUT2D eigenvalue weighted by Gasteiger charge is 2.34. The summed E-state index contributed by atoms with van der Waals surface area (Å²) in [5.41, 5.74) is 0.569. The standard InChI is InChI=1S/C11H14F3N5.ClH/c1-18-8(3-4-16-18)6-15-7-9-5-10(11(12,13)14)17-19(9)2;/h3-5,15H,6-7H2,1-2H3;1H. The van der Waals surface area contributed by atoms with Gasteiger partial charge in [0.2, 0.25) is 0 Å². The molecule has 2 aromatic rings. The third-order valence-corrected chi connectivity index (χ3v) is 2.80. The number of halogens is 4. The van der Waals surface area contributed by atoms with Crippen LogP contribution in [-0.2, 0) is 33.4 Å². The van der Waals surface area contributed by atoms with Crippen LogP contribution in [0.25, 0.3) is 0 Å². The Morgan fingerprint density at radius 3 is 2.30 bits per heavy atom. The molecule has 2 rings (SSSR count). The highest BCUT2D eigenvalue weighted by Crippen LogP contribution is 2.28. The molecule has 0 bridgehead atoms. The summed E-state index contributed by atoms with van der Waals surface area (Å²) in [4.78, 5) is 0. The minimum Gasteiger partial charge on any atom is -0.306 e. The van der Waals surface area contributed by atoms with Crippen molar-refractivity contribution in [1.29, 1.82) is 0 Å². The van der Waals surface area contributed by atoms with E-state index in [9.17, 15) is 13.2 Å². The Morgan fingerprint density at radius 1 is 1.15 bits per heavy atom. The first-order chi connectivity index (χ1) is 8.88. The topological polar surface area (TPSA) is 47.7 Å². The molecule has 0 aliphatic heterocycles. The second kappa shape index (κ2) is 6.27. The van der Waals surface area contributed by atoms with Crippen molar-refractivity contribution in [3.63, 3.8) is 0 Å². The molecule has 9 heteroatoms. The zero-order valence-electron chi connectivity index (χ0n) is 11.0. The summed E-state index contributed by atoms with van der Waals surface area (Å²) in [6.07, 6.45) is -2.74. The molecule has 0 spiro atoms. The van der Waals surface area contributed by atoms with Gasteiger partial charge in [0.05, 0.1) is 11.4 Å². The van der Waals surface area contributed by atoms with Crippen molar-refractivity contribution in [3.8, 4) is 0 Å². The monoisotopic (exact) mass is 309 g/mol. The van der Waals surface area contributed by atoms with E-state index in [1.807, 2.05) is 13.1 Å². The van der Waals surface area contributed by atoms with Crippen molar-refractivity contribution in [2.45, 2.75) is 19.3 Å². The average Bonchev–Trinajstić information content (AvgIpc) is 2.86. The zero-order valence-corrected chi connectivity index (χ0v) is 11.8. The Bertz CT molecular complexity index is 561. The molecule has 1 N–H and O–H groups in total. The second-order valence-electron chi connectivity index (χ2n) is 4.19. The van der Waals surface area contributed by atoms with Crippen LogP contribution in [0, 0.1) is 0 Å². The van der Waals surface area contributed by atoms with Crippen molar-refractivity contribution in [1.82, 2.24) is 24.9 Å². The number of aryl methyl sites for hydroxylation is 2. The lowest BCUT2D eigenvalue weighted by molar-refractivity contribution is -0.141. The summed E-state index contributed by atoms with van der Waals surface area (Å²) in [6.45, 7) is 0.841. The largest absolute Gasteiger partial charge is 0.435 e. The van der Waals surface area contributed by atoms with E-state index < -0.39 is 11.9 Å². The maximum Gasteiger partial charge on any atom is 0.435 e. The minimum absolute atomic E-state index is 0. The smallest absolute Gasteiger partial charge is 0.306 e. The van der Waals surface area contributed by atoms with Crippen molar-refractivity contribution in [2.75, 3.05) is 0 Å². The predicted octanol–water partition coefficient (Wildman–Crippen LogP) is 1.88. The van der Waals surface area contributed by atoms with Crippen LogP contribution in [0.1, 0.15) is 17.1 Å². The number of hydrogen-bond acceptors (Lipinski definition) is 3. The number of aromatic nitrogens is 4. The normalized spacial score (nSPS) is 11.4. The van der Waals surface area contributed by atoms with E-state index in [0.717, 1.165) is 11.8 Å². The Kier molecular flexibility index (Phi) is 5.18. The summed E-state index contributed by atoms with van der Waals surface area (Å²) in [5, 5.41) is 10.5. The van der Waals surface area contributed by atoms with Crippen molar-refractivity contribution < 1.29 is 13.2 Å². The molecule has 0 radical (unpaired) electrons. The molecule has 5 nitrogen and oxygen atoms in total. The van der Waals surface area contributed by atoms with E-state index in [1.54, 1.807) is 10.9 Å². The fraction of sp³-hybridized carbons (Fsp3) is 0.455. The maximum atomic E-state index is 12.5. The van der Waals surface area contributed by atoms with E-state index in [4.69, 9.17) is 0 Å². The third kappa shape index (κ3) is 3.73. The molecule has 112 valence electrons. The van der Waals surface area contributed by atoms with Crippen LogP contribution >= 0.6 is 12.4 Å². The van der Waals surface area contributed by atoms with Gasteiger partial charge >= 0.3 is 6.18 Å². The van der Waals surface area contributed by atoms with Gasteiger partial charge in [-0.15, -0.1) is 12.4 Å². The first-order valence-electron chi connectivity index (χ1n) is 5.65. The van der Waals surface area contributed by atoms with Gasteiger partial charge in [-0.2, -0.15) is 23.4 Å². The van der Waals surface area contributed by atoms with E-state index in [-0.39, 0.29) is 12.4 Å². The van der Waals surface area contributed by atoms with Gasteiger partial charge in [-0.1, -0.05) is 0 Å². The fourth-order valence-electron chi connectivity index (χ4n) is 1.70. The second-order valence-corrected chi connectivity index (χ2v) is 4.19. The van der Waals surface area contributed by atoms with Gasteiger partial charge in [-0.05, 0) is 12.1 Å². The van der Waals surface area contributed by atoms with E-state index >= 15 is 0 Å². The van der Waals surface area contributed by atoms with Crippen LogP contribution in [0.5, 0.6) is 0 Å². The van der Waals surface area contributed by atoms with Crippen LogP contribution in [0.3, 0.4) is 0 Å². The number of nitrogens with zero attached hydrogens (tertiary/aromatic N) is 4. The fourth-order valence-corrected chi connectivity index (χ4v) is 1.70. The first-order valence-corrected chi connectivity index (χ1v) is 5.65. The highest BCUT2D eigenvalue weighted by molar-refractivity contribution is 5.85. The van der Waals surface area contributed by atoms with Crippen LogP contribution < -0.4 is 5.32 Å². The lowest BCUT2D eigenvalue weighted by Crippen LogP contribution is -2.17. The molecule has 0 aliphatic rings. The molecule has 0 aromatic carbocycles. The third-order valence-electron chi connectivity index (χ3n) is 2.80. The summed E-state index contributed by atoms with van der Waals surface area (Å²) < 4.78 is 40.4. The van der Waals surface area contributed by atoms with E-state index in [2.05, 4.69) is 15.5 Å². The number of alkyl halides is 3. The van der Waals surface area contributed by atoms with E-state index in [1.165, 1.54) is 11.7 Å². The molecular weight excluding hydrogens is 295 g/mol. The van der Waals surface area contributed by atoms with Gasteiger partial charge in [0.1, 0.15) is 0 Å². The predicted molar refractivity (Wildman–Crippen MR) is 69.2 cm³/mol. The molecule has 0 aliphatic carbocycles. The maximum absolute atomic E-state index is 12.5. The lowest BCUT2D eigenvalue weighted by Gasteiger charge is -2.05. The molecule has 0 saturated heterocycles. The van der Waals surface area contributed by atoms with Gasteiger partial charge in [-0.25, -0.2) is 0 Å². The van der Waals surface area contributed by atoms with Crippen molar-refractivity contribution in [3.05, 3.63) is 35.4 Å². The summed E-state index contributed by atoms with van der Waals surface area (Å²) in [5.74, 6) is 0. The summed E-state index contributed by atoms with van der Waals surface area (Å²) in [7, 11) is 3.30. The first kappa shape index (κ1) is 16.5. The summed E-state index contributed by atoms with van der Waals surface area (Å²) >= 11 is 0. The Morgan fingerprint density at radius 2 is 1.80 bits per heavy atom. The van der Waals surface area contributed by atoms with Gasteiger partial charge in [-0.3, -0.25) is 9.36 Å². The van der Waals surface area contributed by atoms with Crippen molar-refractivity contribution >= 4 is 12.4 Å². The zero-order chi connectivity index (χ0) is 14.0. The number of hydrogen-bond donors (Lipinski definition) is 1.